The summed E-state index contributed by atoms with van der Waals surface area (Å²) in [7, 11) is 3.13. The van der Waals surface area contributed by atoms with Gasteiger partial charge in [-0.1, -0.05) is 0 Å². The summed E-state index contributed by atoms with van der Waals surface area (Å²) in [5.74, 6) is 1.54. The minimum absolute atomic E-state index is 0.154. The minimum atomic E-state index is -0.471. The summed E-state index contributed by atoms with van der Waals surface area (Å²) in [4.78, 5) is 20.9. The highest BCUT2D eigenvalue weighted by molar-refractivity contribution is 5.93. The van der Waals surface area contributed by atoms with E-state index in [1.54, 1.807) is 38.6 Å². The Kier molecular flexibility index (Phi) is 6.94. The molecule has 2 aromatic carbocycles. The number of hydrogen-bond donors (Lipinski definition) is 1. The smallest absolute Gasteiger partial charge is 0.291 e. The van der Waals surface area contributed by atoms with Gasteiger partial charge in [0.15, 0.2) is 0 Å². The quantitative estimate of drug-likeness (QED) is 0.455. The topological polar surface area (TPSA) is 94.9 Å². The molecule has 3 aromatic rings. The van der Waals surface area contributed by atoms with E-state index < -0.39 is 5.91 Å². The highest BCUT2D eigenvalue weighted by Gasteiger charge is 2.09. The van der Waals surface area contributed by atoms with Crippen molar-refractivity contribution in [2.24, 2.45) is 5.10 Å². The number of amides is 1. The van der Waals surface area contributed by atoms with E-state index in [0.29, 0.717) is 29.4 Å². The number of nitrogens with one attached hydrogen (secondary N) is 1. The zero-order valence-corrected chi connectivity index (χ0v) is 17.0. The molecule has 1 heterocycles. The fourth-order valence-electron chi connectivity index (χ4n) is 2.63. The van der Waals surface area contributed by atoms with Gasteiger partial charge in [-0.2, -0.15) is 5.10 Å². The number of methoxy groups -OCH3 is 2. The molecule has 0 aliphatic rings. The number of carbonyl (C=O) groups is 1. The molecule has 1 amide bonds. The summed E-state index contributed by atoms with van der Waals surface area (Å²) < 4.78 is 15.9. The summed E-state index contributed by atoms with van der Waals surface area (Å²) in [5, 5.41) is 3.98. The number of rotatable bonds is 8. The van der Waals surface area contributed by atoms with Gasteiger partial charge in [0.25, 0.3) is 5.91 Å². The molecule has 0 saturated heterocycles. The lowest BCUT2D eigenvalue weighted by Crippen LogP contribution is -2.19. The first kappa shape index (κ1) is 20.8. The zero-order valence-electron chi connectivity index (χ0n) is 17.0. The van der Waals surface area contributed by atoms with E-state index in [0.717, 1.165) is 11.3 Å². The number of carbonyl (C=O) groups excluding carboxylic acids is 1. The van der Waals surface area contributed by atoms with Crippen molar-refractivity contribution in [1.82, 2.24) is 15.4 Å². The molecule has 0 spiro atoms. The lowest BCUT2D eigenvalue weighted by atomic mass is 10.1. The molecule has 1 aromatic heterocycles. The Balaban J connectivity index is 1.70. The Bertz CT molecular complexity index is 1010. The average Bonchev–Trinajstić information content (AvgIpc) is 2.79. The fraction of sp³-hybridized carbons (Fsp3) is 0.182. The van der Waals surface area contributed by atoms with Crippen LogP contribution >= 0.6 is 0 Å². The van der Waals surface area contributed by atoms with Crippen LogP contribution in [0.15, 0.2) is 60.0 Å². The lowest BCUT2D eigenvalue weighted by molar-refractivity contribution is 0.0950. The third-order valence-corrected chi connectivity index (χ3v) is 4.08. The minimum Gasteiger partial charge on any atom is -0.497 e. The molecule has 30 heavy (non-hydrogen) atoms. The molecule has 8 heteroatoms. The van der Waals surface area contributed by atoms with Crippen molar-refractivity contribution < 1.29 is 19.0 Å². The van der Waals surface area contributed by atoms with Gasteiger partial charge in [0.2, 0.25) is 0 Å². The number of benzene rings is 2. The predicted octanol–water partition coefficient (Wildman–Crippen LogP) is 3.32. The first-order valence-electron chi connectivity index (χ1n) is 9.24. The molecule has 3 rings (SSSR count). The van der Waals surface area contributed by atoms with Crippen molar-refractivity contribution in [2.75, 3.05) is 20.8 Å². The van der Waals surface area contributed by atoms with Crippen molar-refractivity contribution >= 4 is 12.1 Å². The second-order valence-electron chi connectivity index (χ2n) is 6.09. The van der Waals surface area contributed by atoms with Gasteiger partial charge in [-0.15, -0.1) is 0 Å². The van der Waals surface area contributed by atoms with Crippen LogP contribution in [0, 0.1) is 0 Å². The molecule has 0 aliphatic carbocycles. The van der Waals surface area contributed by atoms with Gasteiger partial charge < -0.3 is 14.2 Å². The predicted molar refractivity (Wildman–Crippen MR) is 113 cm³/mol. The van der Waals surface area contributed by atoms with Gasteiger partial charge in [0, 0.05) is 17.2 Å². The van der Waals surface area contributed by atoms with Gasteiger partial charge in [-0.05, 0) is 43.3 Å². The number of ether oxygens (including phenoxy) is 3. The maximum Gasteiger partial charge on any atom is 0.291 e. The molecule has 0 unspecified atom stereocenters. The largest absolute Gasteiger partial charge is 0.497 e. The SMILES string of the molecule is CCOc1ccc(-c2cncc(C(=O)N/N=C/c3cc(OC)cc(OC)c3)n2)cc1. The molecule has 0 fully saturated rings. The second-order valence-corrected chi connectivity index (χ2v) is 6.09. The van der Waals surface area contributed by atoms with E-state index in [9.17, 15) is 4.79 Å². The molecular formula is C22H22N4O4. The standard InChI is InChI=1S/C22H22N4O4/c1-4-30-17-7-5-16(6-8-17)20-13-23-14-21(25-20)22(27)26-24-12-15-9-18(28-2)11-19(10-15)29-3/h5-14H,4H2,1-3H3,(H,26,27)/b24-12+. The van der Waals surface area contributed by atoms with Crippen LogP contribution in [0.4, 0.5) is 0 Å². The second kappa shape index (κ2) is 10.0. The van der Waals surface area contributed by atoms with Gasteiger partial charge in [0.1, 0.15) is 22.9 Å². The van der Waals surface area contributed by atoms with Crippen LogP contribution in [-0.4, -0.2) is 42.9 Å². The number of hydrogen-bond acceptors (Lipinski definition) is 7. The van der Waals surface area contributed by atoms with Gasteiger partial charge in [0.05, 0.1) is 45.1 Å². The van der Waals surface area contributed by atoms with Crippen molar-refractivity contribution in [3.63, 3.8) is 0 Å². The van der Waals surface area contributed by atoms with Crippen LogP contribution in [0.3, 0.4) is 0 Å². The summed E-state index contributed by atoms with van der Waals surface area (Å²) in [6.45, 7) is 2.52. The van der Waals surface area contributed by atoms with Crippen molar-refractivity contribution in [2.45, 2.75) is 6.92 Å². The third-order valence-electron chi connectivity index (χ3n) is 4.08. The van der Waals surface area contributed by atoms with E-state index in [2.05, 4.69) is 20.5 Å². The average molecular weight is 406 g/mol. The summed E-state index contributed by atoms with van der Waals surface area (Å²) in [5.41, 5.74) is 4.72. The molecule has 8 nitrogen and oxygen atoms in total. The van der Waals surface area contributed by atoms with Crippen LogP contribution in [0.1, 0.15) is 23.0 Å². The van der Waals surface area contributed by atoms with Crippen molar-refractivity contribution in [3.05, 3.63) is 66.1 Å². The maximum atomic E-state index is 12.4. The molecular weight excluding hydrogens is 384 g/mol. The number of hydrazone groups is 1. The highest BCUT2D eigenvalue weighted by Crippen LogP contribution is 2.22. The molecule has 0 atom stereocenters. The Hall–Kier alpha value is -3.94. The Labute approximate surface area is 174 Å². The maximum absolute atomic E-state index is 12.4. The van der Waals surface area contributed by atoms with Crippen LogP contribution in [0.5, 0.6) is 17.2 Å². The summed E-state index contributed by atoms with van der Waals surface area (Å²) >= 11 is 0. The van der Waals surface area contributed by atoms with E-state index in [-0.39, 0.29) is 5.69 Å². The Morgan fingerprint density at radius 1 is 1.03 bits per heavy atom. The zero-order chi connectivity index (χ0) is 21.3. The number of nitrogens with zero attached hydrogens (tertiary/aromatic N) is 3. The van der Waals surface area contributed by atoms with Crippen LogP contribution in [0.25, 0.3) is 11.3 Å². The van der Waals surface area contributed by atoms with Crippen LogP contribution in [-0.2, 0) is 0 Å². The van der Waals surface area contributed by atoms with Crippen LogP contribution < -0.4 is 19.6 Å². The van der Waals surface area contributed by atoms with Gasteiger partial charge in [-0.3, -0.25) is 9.78 Å². The highest BCUT2D eigenvalue weighted by atomic mass is 16.5. The normalized spacial score (nSPS) is 10.6. The molecule has 0 aliphatic heterocycles. The van der Waals surface area contributed by atoms with E-state index in [1.807, 2.05) is 31.2 Å². The summed E-state index contributed by atoms with van der Waals surface area (Å²) in [6.07, 6.45) is 4.47. The Morgan fingerprint density at radius 3 is 2.37 bits per heavy atom. The van der Waals surface area contributed by atoms with E-state index in [4.69, 9.17) is 14.2 Å². The van der Waals surface area contributed by atoms with Crippen molar-refractivity contribution in [3.8, 4) is 28.5 Å². The van der Waals surface area contributed by atoms with E-state index in [1.165, 1.54) is 12.4 Å². The lowest BCUT2D eigenvalue weighted by Gasteiger charge is -2.06. The third kappa shape index (κ3) is 5.32. The van der Waals surface area contributed by atoms with Gasteiger partial charge >= 0.3 is 0 Å². The molecule has 154 valence electrons. The van der Waals surface area contributed by atoms with Crippen LogP contribution in [0.2, 0.25) is 0 Å². The first-order valence-corrected chi connectivity index (χ1v) is 9.24. The van der Waals surface area contributed by atoms with Gasteiger partial charge in [-0.25, -0.2) is 10.4 Å². The molecule has 0 bridgehead atoms. The molecule has 1 N–H and O–H groups in total. The monoisotopic (exact) mass is 406 g/mol. The van der Waals surface area contributed by atoms with E-state index >= 15 is 0 Å². The molecule has 0 saturated carbocycles. The summed E-state index contributed by atoms with van der Waals surface area (Å²) in [6, 6.07) is 12.7. The number of aromatic nitrogens is 2. The fourth-order valence-corrected chi connectivity index (χ4v) is 2.63. The molecule has 0 radical (unpaired) electrons. The Morgan fingerprint density at radius 2 is 1.73 bits per heavy atom. The van der Waals surface area contributed by atoms with Crippen molar-refractivity contribution in [1.29, 1.82) is 0 Å². The first-order chi connectivity index (χ1) is 14.6.